The first-order valence-corrected chi connectivity index (χ1v) is 7.70. The summed E-state index contributed by atoms with van der Waals surface area (Å²) in [5.41, 5.74) is 0.237. The van der Waals surface area contributed by atoms with Crippen LogP contribution in [0.1, 0.15) is 26.3 Å². The molecule has 23 heavy (non-hydrogen) atoms. The van der Waals surface area contributed by atoms with E-state index in [9.17, 15) is 9.18 Å². The average molecular weight is 501 g/mol. The second-order valence-corrected chi connectivity index (χ2v) is 6.73. The molecule has 0 aliphatic heterocycles. The van der Waals surface area contributed by atoms with Crippen LogP contribution in [0.5, 0.6) is 0 Å². The highest BCUT2D eigenvalue weighted by atomic mass is 127. The third-order valence-electron chi connectivity index (χ3n) is 2.62. The summed E-state index contributed by atoms with van der Waals surface area (Å²) in [6, 6.07) is 4.86. The Morgan fingerprint density at radius 1 is 1.30 bits per heavy atom. The fraction of sp³-hybridized carbons (Fsp3) is 0.467. The minimum absolute atomic E-state index is 0. The maximum absolute atomic E-state index is 13.7. The molecule has 5 nitrogen and oxygen atoms in total. The molecule has 0 unspecified atom stereocenters. The molecule has 130 valence electrons. The first-order valence-electron chi connectivity index (χ1n) is 6.91. The van der Waals surface area contributed by atoms with E-state index >= 15 is 0 Å². The van der Waals surface area contributed by atoms with E-state index in [2.05, 4.69) is 36.9 Å². The molecule has 0 radical (unpaired) electrons. The highest BCUT2D eigenvalue weighted by Crippen LogP contribution is 2.14. The van der Waals surface area contributed by atoms with Crippen LogP contribution in [0.2, 0.25) is 0 Å². The molecule has 1 aromatic rings. The van der Waals surface area contributed by atoms with Gasteiger partial charge in [-0.3, -0.25) is 9.79 Å². The molecule has 1 rings (SSSR count). The van der Waals surface area contributed by atoms with Crippen LogP contribution in [0.15, 0.2) is 27.7 Å². The van der Waals surface area contributed by atoms with Gasteiger partial charge in [0.15, 0.2) is 5.96 Å². The summed E-state index contributed by atoms with van der Waals surface area (Å²) < 4.78 is 14.4. The normalized spacial score (nSPS) is 11.5. The van der Waals surface area contributed by atoms with Crippen molar-refractivity contribution in [2.75, 3.05) is 13.6 Å². The van der Waals surface area contributed by atoms with Gasteiger partial charge in [-0.15, -0.1) is 24.0 Å². The number of amides is 1. The topological polar surface area (TPSA) is 65.5 Å². The van der Waals surface area contributed by atoms with Gasteiger partial charge in [-0.05, 0) is 32.9 Å². The quantitative estimate of drug-likeness (QED) is 0.338. The third-order valence-corrected chi connectivity index (χ3v) is 3.11. The van der Waals surface area contributed by atoms with Crippen molar-refractivity contribution in [1.29, 1.82) is 0 Å². The molecule has 1 amide bonds. The molecule has 0 aliphatic carbocycles. The SMILES string of the molecule is CN=C(NCC(=O)NC(C)(C)C)NCc1ccc(Br)cc1F.I. The summed E-state index contributed by atoms with van der Waals surface area (Å²) in [5.74, 6) is -0.000506. The van der Waals surface area contributed by atoms with E-state index in [1.165, 1.54) is 6.07 Å². The molecule has 0 spiro atoms. The van der Waals surface area contributed by atoms with Crippen molar-refractivity contribution < 1.29 is 9.18 Å². The van der Waals surface area contributed by atoms with E-state index in [0.717, 1.165) is 0 Å². The molecule has 1 aromatic carbocycles. The smallest absolute Gasteiger partial charge is 0.239 e. The maximum atomic E-state index is 13.7. The lowest BCUT2D eigenvalue weighted by atomic mass is 10.1. The lowest BCUT2D eigenvalue weighted by Gasteiger charge is -2.21. The lowest BCUT2D eigenvalue weighted by molar-refractivity contribution is -0.121. The molecule has 0 atom stereocenters. The molecular formula is C15H23BrFIN4O. The highest BCUT2D eigenvalue weighted by molar-refractivity contribution is 14.0. The molecule has 0 heterocycles. The molecule has 0 saturated heterocycles. The van der Waals surface area contributed by atoms with Crippen LogP contribution in [0.25, 0.3) is 0 Å². The summed E-state index contributed by atoms with van der Waals surface area (Å²) in [7, 11) is 1.59. The Balaban J connectivity index is 0.00000484. The van der Waals surface area contributed by atoms with Gasteiger partial charge in [0.1, 0.15) is 5.82 Å². The fourth-order valence-corrected chi connectivity index (χ4v) is 2.02. The van der Waals surface area contributed by atoms with E-state index in [1.807, 2.05) is 20.8 Å². The standard InChI is InChI=1S/C15H22BrFN4O.HI/c1-15(2,3)21-13(22)9-20-14(18-4)19-8-10-5-6-11(16)7-12(10)17;/h5-7H,8-9H2,1-4H3,(H,21,22)(H2,18,19,20);1H. The average Bonchev–Trinajstić information content (AvgIpc) is 2.38. The van der Waals surface area contributed by atoms with Crippen LogP contribution in [0.3, 0.4) is 0 Å². The number of hydrogen-bond acceptors (Lipinski definition) is 2. The Labute approximate surface area is 162 Å². The predicted molar refractivity (Wildman–Crippen MR) is 106 cm³/mol. The van der Waals surface area contributed by atoms with Gasteiger partial charge in [-0.1, -0.05) is 22.0 Å². The minimum Gasteiger partial charge on any atom is -0.352 e. The molecule has 0 aromatic heterocycles. The van der Waals surface area contributed by atoms with Crippen LogP contribution >= 0.6 is 39.9 Å². The fourth-order valence-electron chi connectivity index (χ4n) is 1.69. The van der Waals surface area contributed by atoms with Gasteiger partial charge in [0, 0.05) is 29.2 Å². The summed E-state index contributed by atoms with van der Waals surface area (Å²) in [4.78, 5) is 15.7. The van der Waals surface area contributed by atoms with Crippen LogP contribution in [0.4, 0.5) is 4.39 Å². The number of nitrogens with zero attached hydrogens (tertiary/aromatic N) is 1. The first-order chi connectivity index (χ1) is 10.2. The number of benzene rings is 1. The van der Waals surface area contributed by atoms with Gasteiger partial charge in [0.2, 0.25) is 5.91 Å². The second kappa shape index (κ2) is 10.1. The van der Waals surface area contributed by atoms with Gasteiger partial charge < -0.3 is 16.0 Å². The summed E-state index contributed by atoms with van der Waals surface area (Å²) in [6.45, 7) is 6.11. The Hall–Kier alpha value is -0.900. The zero-order valence-electron chi connectivity index (χ0n) is 13.7. The van der Waals surface area contributed by atoms with Crippen molar-refractivity contribution in [2.45, 2.75) is 32.9 Å². The minimum atomic E-state index is -0.303. The monoisotopic (exact) mass is 500 g/mol. The maximum Gasteiger partial charge on any atom is 0.239 e. The summed E-state index contributed by atoms with van der Waals surface area (Å²) in [5, 5.41) is 8.69. The Morgan fingerprint density at radius 2 is 1.96 bits per heavy atom. The second-order valence-electron chi connectivity index (χ2n) is 5.81. The Kier molecular flexibility index (Phi) is 9.67. The number of hydrogen-bond donors (Lipinski definition) is 3. The van der Waals surface area contributed by atoms with E-state index < -0.39 is 0 Å². The Morgan fingerprint density at radius 3 is 2.48 bits per heavy atom. The molecule has 0 bridgehead atoms. The summed E-state index contributed by atoms with van der Waals surface area (Å²) in [6.07, 6.45) is 0. The number of carbonyl (C=O) groups is 1. The predicted octanol–water partition coefficient (Wildman–Crippen LogP) is 2.79. The van der Waals surface area contributed by atoms with Crippen molar-refractivity contribution >= 4 is 51.8 Å². The van der Waals surface area contributed by atoms with Gasteiger partial charge in [-0.2, -0.15) is 0 Å². The molecule has 0 saturated carbocycles. The van der Waals surface area contributed by atoms with Crippen LogP contribution in [-0.4, -0.2) is 31.0 Å². The highest BCUT2D eigenvalue weighted by Gasteiger charge is 2.13. The number of rotatable bonds is 4. The molecular weight excluding hydrogens is 478 g/mol. The van der Waals surface area contributed by atoms with Gasteiger partial charge in [-0.25, -0.2) is 4.39 Å². The van der Waals surface area contributed by atoms with Gasteiger partial charge >= 0.3 is 0 Å². The third kappa shape index (κ3) is 9.09. The van der Waals surface area contributed by atoms with E-state index in [1.54, 1.807) is 19.2 Å². The van der Waals surface area contributed by atoms with Crippen molar-refractivity contribution in [3.05, 3.63) is 34.1 Å². The molecule has 0 fully saturated rings. The number of carbonyl (C=O) groups excluding carboxylic acids is 1. The van der Waals surface area contributed by atoms with Crippen LogP contribution in [-0.2, 0) is 11.3 Å². The first kappa shape index (κ1) is 22.1. The van der Waals surface area contributed by atoms with Crippen LogP contribution < -0.4 is 16.0 Å². The van der Waals surface area contributed by atoms with Crippen LogP contribution in [0, 0.1) is 5.82 Å². The Bertz CT molecular complexity index is 561. The van der Waals surface area contributed by atoms with Crippen molar-refractivity contribution in [3.63, 3.8) is 0 Å². The van der Waals surface area contributed by atoms with E-state index in [-0.39, 0.29) is 54.3 Å². The number of halogens is 3. The zero-order chi connectivity index (χ0) is 16.8. The zero-order valence-corrected chi connectivity index (χ0v) is 17.6. The van der Waals surface area contributed by atoms with E-state index in [4.69, 9.17) is 0 Å². The lowest BCUT2D eigenvalue weighted by Crippen LogP contribution is -2.48. The van der Waals surface area contributed by atoms with Gasteiger partial charge in [0.05, 0.1) is 6.54 Å². The molecule has 3 N–H and O–H groups in total. The number of guanidine groups is 1. The van der Waals surface area contributed by atoms with Crippen molar-refractivity contribution in [2.24, 2.45) is 4.99 Å². The van der Waals surface area contributed by atoms with Gasteiger partial charge in [0.25, 0.3) is 0 Å². The van der Waals surface area contributed by atoms with Crippen molar-refractivity contribution in [3.8, 4) is 0 Å². The largest absolute Gasteiger partial charge is 0.352 e. The molecule has 8 heteroatoms. The van der Waals surface area contributed by atoms with E-state index in [0.29, 0.717) is 16.0 Å². The molecule has 0 aliphatic rings. The number of nitrogens with one attached hydrogen (secondary N) is 3. The summed E-state index contributed by atoms with van der Waals surface area (Å²) >= 11 is 3.21. The number of aliphatic imine (C=N–C) groups is 1. The van der Waals surface area contributed by atoms with Crippen molar-refractivity contribution in [1.82, 2.24) is 16.0 Å².